The molecule has 2 aromatic heterocycles. The summed E-state index contributed by atoms with van der Waals surface area (Å²) < 4.78 is 11.4. The maximum atomic E-state index is 8.89. The van der Waals surface area contributed by atoms with Gasteiger partial charge in [-0.1, -0.05) is 30.3 Å². The van der Waals surface area contributed by atoms with Crippen LogP contribution in [0.5, 0.6) is 5.75 Å². The van der Waals surface area contributed by atoms with Crippen LogP contribution in [-0.2, 0) is 0 Å². The van der Waals surface area contributed by atoms with Crippen molar-refractivity contribution in [2.24, 2.45) is 0 Å². The van der Waals surface area contributed by atoms with E-state index in [0.717, 1.165) is 23.7 Å². The zero-order valence-electron chi connectivity index (χ0n) is 14.0. The van der Waals surface area contributed by atoms with Crippen LogP contribution in [0.3, 0.4) is 0 Å². The molecule has 1 aromatic carbocycles. The molecule has 2 heterocycles. The van der Waals surface area contributed by atoms with Crippen molar-refractivity contribution < 1.29 is 19.4 Å². The number of nitrogens with one attached hydrogen (secondary N) is 1. The highest BCUT2D eigenvalue weighted by atomic mass is 35.5. The van der Waals surface area contributed by atoms with E-state index in [0.29, 0.717) is 39.9 Å². The molecule has 0 saturated carbocycles. The number of H-pyrrole nitrogens is 1. The summed E-state index contributed by atoms with van der Waals surface area (Å²) >= 11 is 7.42. The van der Waals surface area contributed by atoms with Gasteiger partial charge in [-0.2, -0.15) is 0 Å². The fourth-order valence-corrected chi connectivity index (χ4v) is 2.99. The first-order chi connectivity index (χ1) is 12.6. The number of hydrogen-bond donors (Lipinski definition) is 3. The van der Waals surface area contributed by atoms with Crippen molar-refractivity contribution in [2.45, 2.75) is 24.8 Å². The Labute approximate surface area is 159 Å². The standard InChI is InChI=1S/C17H18ClN3O4S/c1-2-7-24-13-4-3-10(8-11(13)18)12-5-6-14(25-12)16-19-17(21-20-16)26-9-15(22)23/h3-6,8,15,22-23H,2,7,9H2,1H3,(H,19,20,21). The first-order valence-electron chi connectivity index (χ1n) is 8.01. The van der Waals surface area contributed by atoms with Crippen molar-refractivity contribution in [2.75, 3.05) is 12.4 Å². The number of nitrogens with zero attached hydrogens (tertiary/aromatic N) is 2. The number of halogens is 1. The van der Waals surface area contributed by atoms with E-state index < -0.39 is 6.29 Å². The Bertz CT molecular complexity index is 865. The van der Waals surface area contributed by atoms with Crippen LogP contribution in [0.1, 0.15) is 13.3 Å². The number of hydrogen-bond acceptors (Lipinski definition) is 7. The zero-order chi connectivity index (χ0) is 18.5. The Morgan fingerprint density at radius 3 is 2.77 bits per heavy atom. The number of benzene rings is 1. The Kier molecular flexibility index (Phi) is 6.20. The number of aliphatic hydroxyl groups is 2. The monoisotopic (exact) mass is 395 g/mol. The topological polar surface area (TPSA) is 104 Å². The van der Waals surface area contributed by atoms with Gasteiger partial charge in [0.05, 0.1) is 17.4 Å². The predicted molar refractivity (Wildman–Crippen MR) is 99.3 cm³/mol. The van der Waals surface area contributed by atoms with Gasteiger partial charge < -0.3 is 24.4 Å². The predicted octanol–water partition coefficient (Wildman–Crippen LogP) is 3.58. The highest BCUT2D eigenvalue weighted by molar-refractivity contribution is 7.99. The fourth-order valence-electron chi connectivity index (χ4n) is 2.18. The lowest BCUT2D eigenvalue weighted by Crippen LogP contribution is -2.07. The van der Waals surface area contributed by atoms with Gasteiger partial charge in [-0.25, -0.2) is 0 Å². The van der Waals surface area contributed by atoms with Gasteiger partial charge >= 0.3 is 0 Å². The third-order valence-corrected chi connectivity index (χ3v) is 4.57. The summed E-state index contributed by atoms with van der Waals surface area (Å²) in [5.74, 6) is 2.36. The number of furan rings is 1. The second-order valence-corrected chi connectivity index (χ2v) is 6.84. The van der Waals surface area contributed by atoms with Gasteiger partial charge in [0.15, 0.2) is 23.0 Å². The van der Waals surface area contributed by atoms with Gasteiger partial charge in [0.1, 0.15) is 11.5 Å². The lowest BCUT2D eigenvalue weighted by atomic mass is 10.1. The molecule has 3 aromatic rings. The lowest BCUT2D eigenvalue weighted by molar-refractivity contribution is -0.0186. The van der Waals surface area contributed by atoms with Crippen molar-refractivity contribution in [1.29, 1.82) is 0 Å². The summed E-state index contributed by atoms with van der Waals surface area (Å²) in [5, 5.41) is 26.7. The first-order valence-corrected chi connectivity index (χ1v) is 9.37. The molecule has 0 fully saturated rings. The van der Waals surface area contributed by atoms with Crippen molar-refractivity contribution in [1.82, 2.24) is 15.2 Å². The number of thioether (sulfide) groups is 1. The Balaban J connectivity index is 1.74. The summed E-state index contributed by atoms with van der Waals surface area (Å²) in [6.45, 7) is 2.65. The van der Waals surface area contributed by atoms with E-state index >= 15 is 0 Å². The van der Waals surface area contributed by atoms with Crippen LogP contribution >= 0.6 is 23.4 Å². The Morgan fingerprint density at radius 2 is 2.04 bits per heavy atom. The maximum Gasteiger partial charge on any atom is 0.197 e. The normalized spacial score (nSPS) is 11.3. The van der Waals surface area contributed by atoms with Crippen molar-refractivity contribution in [3.05, 3.63) is 35.4 Å². The summed E-state index contributed by atoms with van der Waals surface area (Å²) in [5.41, 5.74) is 0.822. The van der Waals surface area contributed by atoms with E-state index in [2.05, 4.69) is 15.2 Å². The van der Waals surface area contributed by atoms with Crippen molar-refractivity contribution >= 4 is 23.4 Å². The molecule has 0 unspecified atom stereocenters. The molecule has 0 amide bonds. The molecule has 3 rings (SSSR count). The lowest BCUT2D eigenvalue weighted by Gasteiger charge is -2.07. The molecule has 3 N–H and O–H groups in total. The molecule has 0 aliphatic rings. The molecule has 9 heteroatoms. The molecule has 0 spiro atoms. The minimum Gasteiger partial charge on any atom is -0.492 e. The number of aromatic nitrogens is 3. The van der Waals surface area contributed by atoms with Gasteiger partial charge in [-0.05, 0) is 36.8 Å². The molecule has 0 atom stereocenters. The van der Waals surface area contributed by atoms with E-state index in [-0.39, 0.29) is 5.75 Å². The van der Waals surface area contributed by atoms with Gasteiger partial charge in [0.25, 0.3) is 0 Å². The fraction of sp³-hybridized carbons (Fsp3) is 0.294. The summed E-state index contributed by atoms with van der Waals surface area (Å²) in [4.78, 5) is 2.97. The van der Waals surface area contributed by atoms with E-state index in [1.807, 2.05) is 25.1 Å². The van der Waals surface area contributed by atoms with Gasteiger partial charge in [0.2, 0.25) is 0 Å². The molecule has 0 aliphatic carbocycles. The largest absolute Gasteiger partial charge is 0.492 e. The third kappa shape index (κ3) is 4.59. The zero-order valence-corrected chi connectivity index (χ0v) is 15.5. The van der Waals surface area contributed by atoms with Crippen LogP contribution in [-0.4, -0.2) is 44.0 Å². The molecule has 26 heavy (non-hydrogen) atoms. The second kappa shape index (κ2) is 8.59. The van der Waals surface area contributed by atoms with Crippen LogP contribution in [0.15, 0.2) is 39.9 Å². The SMILES string of the molecule is CCCOc1ccc(-c2ccc(-c3nnc(SCC(O)O)[nH]3)o2)cc1Cl. The van der Waals surface area contributed by atoms with E-state index in [1.165, 1.54) is 0 Å². The molecule has 0 radical (unpaired) electrons. The Hall–Kier alpha value is -2.00. The second-order valence-electron chi connectivity index (χ2n) is 5.43. The quantitative estimate of drug-likeness (QED) is 0.395. The number of ether oxygens (including phenoxy) is 1. The van der Waals surface area contributed by atoms with Gasteiger partial charge in [-0.3, -0.25) is 0 Å². The number of aliphatic hydroxyl groups excluding tert-OH is 1. The highest BCUT2D eigenvalue weighted by Gasteiger charge is 2.13. The number of aromatic amines is 1. The molecule has 7 nitrogen and oxygen atoms in total. The van der Waals surface area contributed by atoms with Crippen LogP contribution in [0.4, 0.5) is 0 Å². The summed E-state index contributed by atoms with van der Waals surface area (Å²) in [6, 6.07) is 9.09. The summed E-state index contributed by atoms with van der Waals surface area (Å²) in [7, 11) is 0. The number of rotatable bonds is 8. The van der Waals surface area contributed by atoms with E-state index in [4.69, 9.17) is 31.0 Å². The van der Waals surface area contributed by atoms with Crippen molar-refractivity contribution in [3.8, 4) is 28.7 Å². The van der Waals surface area contributed by atoms with E-state index in [1.54, 1.807) is 12.1 Å². The maximum absolute atomic E-state index is 8.89. The minimum atomic E-state index is -1.40. The molecule has 0 saturated heterocycles. The summed E-state index contributed by atoms with van der Waals surface area (Å²) in [6.07, 6.45) is -0.494. The van der Waals surface area contributed by atoms with Crippen LogP contribution < -0.4 is 4.74 Å². The third-order valence-electron chi connectivity index (χ3n) is 3.35. The molecule has 0 aliphatic heterocycles. The smallest absolute Gasteiger partial charge is 0.197 e. The molecule has 138 valence electrons. The molecular weight excluding hydrogens is 378 g/mol. The van der Waals surface area contributed by atoms with Crippen molar-refractivity contribution in [3.63, 3.8) is 0 Å². The highest BCUT2D eigenvalue weighted by Crippen LogP contribution is 2.33. The van der Waals surface area contributed by atoms with Crippen LogP contribution in [0.2, 0.25) is 5.02 Å². The molecular formula is C17H18ClN3O4S. The van der Waals surface area contributed by atoms with E-state index in [9.17, 15) is 0 Å². The average Bonchev–Trinajstić information content (AvgIpc) is 3.28. The minimum absolute atomic E-state index is 0.100. The average molecular weight is 396 g/mol. The molecule has 0 bridgehead atoms. The van der Waals surface area contributed by atoms with Gasteiger partial charge in [-0.15, -0.1) is 10.2 Å². The van der Waals surface area contributed by atoms with Crippen LogP contribution in [0, 0.1) is 0 Å². The van der Waals surface area contributed by atoms with Crippen LogP contribution in [0.25, 0.3) is 22.9 Å². The first kappa shape index (κ1) is 18.8. The van der Waals surface area contributed by atoms with Gasteiger partial charge in [0, 0.05) is 5.56 Å². The Morgan fingerprint density at radius 1 is 1.23 bits per heavy atom.